The van der Waals surface area contributed by atoms with Crippen molar-refractivity contribution in [2.75, 3.05) is 0 Å². The second kappa shape index (κ2) is 5.32. The van der Waals surface area contributed by atoms with E-state index in [4.69, 9.17) is 5.26 Å². The lowest BCUT2D eigenvalue weighted by Crippen LogP contribution is -2.05. The van der Waals surface area contributed by atoms with Gasteiger partial charge in [0, 0.05) is 5.69 Å². The molecule has 1 aliphatic carbocycles. The van der Waals surface area contributed by atoms with Gasteiger partial charge in [0.05, 0.1) is 17.9 Å². The molecule has 0 atom stereocenters. The monoisotopic (exact) mass is 308 g/mol. The Balaban J connectivity index is 1.72. The maximum absolute atomic E-state index is 13.1. The minimum atomic E-state index is -0.260. The van der Waals surface area contributed by atoms with Gasteiger partial charge in [-0.3, -0.25) is 0 Å². The van der Waals surface area contributed by atoms with E-state index in [1.165, 1.54) is 29.7 Å². The highest BCUT2D eigenvalue weighted by molar-refractivity contribution is 5.40. The molecule has 0 saturated carbocycles. The highest BCUT2D eigenvalue weighted by atomic mass is 19.1. The Bertz CT molecular complexity index is 900. The number of halogens is 1. The van der Waals surface area contributed by atoms with Crippen LogP contribution in [0, 0.1) is 17.1 Å². The Hall–Kier alpha value is -3.01. The van der Waals surface area contributed by atoms with Crippen molar-refractivity contribution in [3.05, 3.63) is 59.2 Å². The maximum atomic E-state index is 13.1. The molecule has 0 spiro atoms. The molecule has 3 aromatic rings. The van der Waals surface area contributed by atoms with Crippen LogP contribution in [0.25, 0.3) is 5.69 Å². The van der Waals surface area contributed by atoms with Gasteiger partial charge in [-0.25, -0.2) is 18.7 Å². The second-order valence-electron chi connectivity index (χ2n) is 5.49. The third kappa shape index (κ3) is 2.38. The number of hydrogen-bond donors (Lipinski definition) is 0. The van der Waals surface area contributed by atoms with Crippen LogP contribution < -0.4 is 0 Å². The Morgan fingerprint density at radius 3 is 2.74 bits per heavy atom. The average Bonchev–Trinajstić information content (AvgIpc) is 3.26. The fourth-order valence-corrected chi connectivity index (χ4v) is 3.01. The molecule has 0 aliphatic heterocycles. The normalized spacial score (nSPS) is 13.0. The Morgan fingerprint density at radius 1 is 1.17 bits per heavy atom. The van der Waals surface area contributed by atoms with E-state index in [0.29, 0.717) is 6.54 Å². The molecule has 6 nitrogen and oxygen atoms in total. The maximum Gasteiger partial charge on any atom is 0.252 e. The molecule has 114 valence electrons. The summed E-state index contributed by atoms with van der Waals surface area (Å²) in [6.07, 6.45) is 4.56. The quantitative estimate of drug-likeness (QED) is 0.742. The van der Waals surface area contributed by atoms with Crippen LogP contribution in [0.3, 0.4) is 0 Å². The Kier molecular flexibility index (Phi) is 3.15. The molecule has 2 heterocycles. The van der Waals surface area contributed by atoms with E-state index in [1.54, 1.807) is 16.8 Å². The van der Waals surface area contributed by atoms with E-state index >= 15 is 0 Å². The highest BCUT2D eigenvalue weighted by Crippen LogP contribution is 2.28. The molecule has 0 saturated heterocycles. The third-order valence-corrected chi connectivity index (χ3v) is 4.03. The zero-order chi connectivity index (χ0) is 15.8. The van der Waals surface area contributed by atoms with Crippen LogP contribution in [0.2, 0.25) is 0 Å². The minimum Gasteiger partial charge on any atom is -0.245 e. The van der Waals surface area contributed by atoms with Gasteiger partial charge in [0.25, 0.3) is 5.82 Å². The van der Waals surface area contributed by atoms with Crippen molar-refractivity contribution in [1.29, 1.82) is 5.26 Å². The van der Waals surface area contributed by atoms with E-state index in [1.807, 2.05) is 10.8 Å². The lowest BCUT2D eigenvalue weighted by Gasteiger charge is -2.05. The van der Waals surface area contributed by atoms with Crippen molar-refractivity contribution < 1.29 is 4.39 Å². The first-order chi connectivity index (χ1) is 11.2. The molecule has 0 amide bonds. The molecule has 23 heavy (non-hydrogen) atoms. The molecule has 4 rings (SSSR count). The third-order valence-electron chi connectivity index (χ3n) is 4.03. The number of hydrogen-bond acceptors (Lipinski definition) is 4. The summed E-state index contributed by atoms with van der Waals surface area (Å²) in [7, 11) is 0. The summed E-state index contributed by atoms with van der Waals surface area (Å²) >= 11 is 0. The van der Waals surface area contributed by atoms with Gasteiger partial charge in [0.2, 0.25) is 0 Å². The molecule has 7 heteroatoms. The molecule has 1 aromatic carbocycles. The Labute approximate surface area is 131 Å². The molecule has 0 radical (unpaired) electrons. The van der Waals surface area contributed by atoms with Crippen LogP contribution >= 0.6 is 0 Å². The SMILES string of the molecule is N#Cc1ncn(Cc2nn(-c3ccc(F)cc3)c3c2CCC3)n1. The van der Waals surface area contributed by atoms with Gasteiger partial charge in [0.1, 0.15) is 18.2 Å². The number of fused-ring (bicyclic) bond motifs is 1. The predicted octanol–water partition coefficient (Wildman–Crippen LogP) is 2.01. The summed E-state index contributed by atoms with van der Waals surface area (Å²) in [6.45, 7) is 0.477. The average molecular weight is 308 g/mol. The van der Waals surface area contributed by atoms with Gasteiger partial charge < -0.3 is 0 Å². The molecule has 2 aromatic heterocycles. The van der Waals surface area contributed by atoms with Crippen LogP contribution in [0.1, 0.15) is 29.2 Å². The Morgan fingerprint density at radius 2 is 2.00 bits per heavy atom. The van der Waals surface area contributed by atoms with Crippen LogP contribution in [-0.4, -0.2) is 24.5 Å². The number of nitrogens with zero attached hydrogens (tertiary/aromatic N) is 6. The van der Waals surface area contributed by atoms with Crippen molar-refractivity contribution in [3.63, 3.8) is 0 Å². The first-order valence-electron chi connectivity index (χ1n) is 7.40. The summed E-state index contributed by atoms with van der Waals surface area (Å²) in [6, 6.07) is 8.26. The first-order valence-corrected chi connectivity index (χ1v) is 7.40. The molecule has 0 N–H and O–H groups in total. The second-order valence-corrected chi connectivity index (χ2v) is 5.49. The van der Waals surface area contributed by atoms with Gasteiger partial charge in [0.15, 0.2) is 0 Å². The van der Waals surface area contributed by atoms with Gasteiger partial charge in [-0.1, -0.05) is 0 Å². The molecule has 0 unspecified atom stereocenters. The van der Waals surface area contributed by atoms with E-state index in [0.717, 1.165) is 30.6 Å². The van der Waals surface area contributed by atoms with Gasteiger partial charge >= 0.3 is 0 Å². The summed E-state index contributed by atoms with van der Waals surface area (Å²) in [5, 5.41) is 17.6. The van der Waals surface area contributed by atoms with Gasteiger partial charge in [-0.15, -0.1) is 5.10 Å². The van der Waals surface area contributed by atoms with Gasteiger partial charge in [-0.05, 0) is 49.1 Å². The summed E-state index contributed by atoms with van der Waals surface area (Å²) in [4.78, 5) is 3.91. The number of benzene rings is 1. The lowest BCUT2D eigenvalue weighted by atomic mass is 10.2. The topological polar surface area (TPSA) is 72.3 Å². The number of rotatable bonds is 3. The fraction of sp³-hybridized carbons (Fsp3) is 0.250. The standard InChI is InChI=1S/C16H13FN6/c17-11-4-6-12(7-5-11)23-15-3-1-2-13(15)14(20-23)9-22-10-19-16(8-18)21-22/h4-7,10H,1-3,9H2. The van der Waals surface area contributed by atoms with Crippen molar-refractivity contribution >= 4 is 0 Å². The van der Waals surface area contributed by atoms with Gasteiger partial charge in [-0.2, -0.15) is 10.4 Å². The first kappa shape index (κ1) is 13.6. The van der Waals surface area contributed by atoms with E-state index in [9.17, 15) is 4.39 Å². The summed E-state index contributed by atoms with van der Waals surface area (Å²) in [5.74, 6) is -0.107. The van der Waals surface area contributed by atoms with E-state index in [-0.39, 0.29) is 11.6 Å². The van der Waals surface area contributed by atoms with Crippen LogP contribution in [0.4, 0.5) is 4.39 Å². The van der Waals surface area contributed by atoms with Crippen LogP contribution in [0.5, 0.6) is 0 Å². The lowest BCUT2D eigenvalue weighted by molar-refractivity contribution is 0.625. The zero-order valence-corrected chi connectivity index (χ0v) is 12.3. The molecular weight excluding hydrogens is 295 g/mol. The smallest absolute Gasteiger partial charge is 0.245 e. The van der Waals surface area contributed by atoms with Crippen molar-refractivity contribution in [2.24, 2.45) is 0 Å². The summed E-state index contributed by atoms with van der Waals surface area (Å²) in [5.41, 5.74) is 4.18. The highest BCUT2D eigenvalue weighted by Gasteiger charge is 2.23. The zero-order valence-electron chi connectivity index (χ0n) is 12.3. The predicted molar refractivity (Wildman–Crippen MR) is 79.4 cm³/mol. The number of aromatic nitrogens is 5. The summed E-state index contributed by atoms with van der Waals surface area (Å²) < 4.78 is 16.6. The van der Waals surface area contributed by atoms with Crippen molar-refractivity contribution in [1.82, 2.24) is 24.5 Å². The van der Waals surface area contributed by atoms with E-state index < -0.39 is 0 Å². The van der Waals surface area contributed by atoms with Crippen molar-refractivity contribution in [3.8, 4) is 11.8 Å². The van der Waals surface area contributed by atoms with Crippen LogP contribution in [-0.2, 0) is 19.4 Å². The van der Waals surface area contributed by atoms with Crippen LogP contribution in [0.15, 0.2) is 30.6 Å². The molecule has 1 aliphatic rings. The number of nitriles is 1. The van der Waals surface area contributed by atoms with Crippen molar-refractivity contribution in [2.45, 2.75) is 25.8 Å². The molecule has 0 fully saturated rings. The largest absolute Gasteiger partial charge is 0.252 e. The molecule has 0 bridgehead atoms. The minimum absolute atomic E-state index is 0.152. The fourth-order valence-electron chi connectivity index (χ4n) is 3.01. The van der Waals surface area contributed by atoms with E-state index in [2.05, 4.69) is 15.2 Å². The molecular formula is C16H13FN6.